The van der Waals surface area contributed by atoms with E-state index in [1.54, 1.807) is 13.8 Å². The van der Waals surface area contributed by atoms with Crippen molar-refractivity contribution in [3.05, 3.63) is 34.7 Å². The van der Waals surface area contributed by atoms with Gasteiger partial charge < -0.3 is 10.1 Å². The molecule has 0 atom stereocenters. The van der Waals surface area contributed by atoms with Crippen molar-refractivity contribution in [1.82, 2.24) is 4.98 Å². The highest BCUT2D eigenvalue weighted by Gasteiger charge is 2.19. The van der Waals surface area contributed by atoms with Crippen LogP contribution in [0, 0.1) is 0 Å². The number of aromatic nitrogens is 1. The van der Waals surface area contributed by atoms with Crippen LogP contribution in [0.5, 0.6) is 0 Å². The zero-order valence-corrected chi connectivity index (χ0v) is 11.7. The fraction of sp³-hybridized carbons (Fsp3) is 0.231. The van der Waals surface area contributed by atoms with Crippen molar-refractivity contribution >= 4 is 34.4 Å². The third kappa shape index (κ3) is 2.89. The van der Waals surface area contributed by atoms with Crippen LogP contribution in [0.25, 0.3) is 11.3 Å². The molecule has 2 rings (SSSR count). The predicted molar refractivity (Wildman–Crippen MR) is 76.3 cm³/mol. The Morgan fingerprint density at radius 3 is 2.61 bits per heavy atom. The van der Waals surface area contributed by atoms with Crippen LogP contribution in [-0.2, 0) is 4.79 Å². The first-order chi connectivity index (χ1) is 8.52. The molecule has 0 radical (unpaired) electrons. The molecular weight excluding hydrogens is 268 g/mol. The monoisotopic (exact) mass is 280 g/mol. The molecule has 18 heavy (non-hydrogen) atoms. The first-order valence-electron chi connectivity index (χ1n) is 5.48. The van der Waals surface area contributed by atoms with Gasteiger partial charge in [0.1, 0.15) is 16.3 Å². The smallest absolute Gasteiger partial charge is 0.185 e. The van der Waals surface area contributed by atoms with Crippen molar-refractivity contribution in [2.45, 2.75) is 19.4 Å². The van der Waals surface area contributed by atoms with Gasteiger partial charge in [0, 0.05) is 5.56 Å². The van der Waals surface area contributed by atoms with Crippen molar-refractivity contribution < 1.29 is 4.79 Å². The lowest BCUT2D eigenvalue weighted by molar-refractivity contribution is -0.110. The summed E-state index contributed by atoms with van der Waals surface area (Å²) in [7, 11) is 0. The Kier molecular flexibility index (Phi) is 3.68. The van der Waals surface area contributed by atoms with E-state index in [-0.39, 0.29) is 0 Å². The molecule has 2 aromatic rings. The Hall–Kier alpha value is -1.39. The van der Waals surface area contributed by atoms with Crippen molar-refractivity contribution in [3.63, 3.8) is 0 Å². The van der Waals surface area contributed by atoms with Crippen LogP contribution in [0.15, 0.2) is 30.3 Å². The second-order valence-corrected chi connectivity index (χ2v) is 6.07. The van der Waals surface area contributed by atoms with Crippen LogP contribution in [0.2, 0.25) is 4.34 Å². The molecule has 0 unspecified atom stereocenters. The van der Waals surface area contributed by atoms with Gasteiger partial charge in [-0.3, -0.25) is 0 Å². The average Bonchev–Trinajstić information content (AvgIpc) is 2.70. The Balaban J connectivity index is 2.31. The number of carbonyl (C=O) groups excluding carboxylic acids is 1. The van der Waals surface area contributed by atoms with E-state index in [0.717, 1.165) is 17.5 Å². The molecule has 5 heteroatoms. The third-order valence-electron chi connectivity index (χ3n) is 2.36. The summed E-state index contributed by atoms with van der Waals surface area (Å²) in [5.74, 6) is 0. The van der Waals surface area contributed by atoms with Gasteiger partial charge in [-0.25, -0.2) is 4.98 Å². The Morgan fingerprint density at radius 1 is 1.33 bits per heavy atom. The van der Waals surface area contributed by atoms with Crippen molar-refractivity contribution in [2.24, 2.45) is 0 Å². The molecule has 1 aromatic carbocycles. The molecule has 94 valence electrons. The van der Waals surface area contributed by atoms with Gasteiger partial charge >= 0.3 is 0 Å². The average molecular weight is 281 g/mol. The predicted octanol–water partition coefficient (Wildman–Crippen LogP) is 3.85. The van der Waals surface area contributed by atoms with E-state index in [1.807, 2.05) is 30.3 Å². The van der Waals surface area contributed by atoms with Crippen LogP contribution in [0.4, 0.5) is 5.13 Å². The van der Waals surface area contributed by atoms with E-state index in [9.17, 15) is 4.79 Å². The highest BCUT2D eigenvalue weighted by atomic mass is 35.5. The highest BCUT2D eigenvalue weighted by Crippen LogP contribution is 2.35. The third-order valence-corrected chi connectivity index (χ3v) is 3.53. The van der Waals surface area contributed by atoms with Crippen LogP contribution >= 0.6 is 22.9 Å². The lowest BCUT2D eigenvalue weighted by Gasteiger charge is -2.17. The summed E-state index contributed by atoms with van der Waals surface area (Å²) in [5.41, 5.74) is 1.07. The normalized spacial score (nSPS) is 11.3. The van der Waals surface area contributed by atoms with Crippen LogP contribution in [0.1, 0.15) is 13.8 Å². The van der Waals surface area contributed by atoms with Gasteiger partial charge in [0.15, 0.2) is 5.13 Å². The van der Waals surface area contributed by atoms with Crippen LogP contribution in [-0.4, -0.2) is 16.8 Å². The second-order valence-electron chi connectivity index (χ2n) is 4.47. The molecule has 0 fully saturated rings. The fourth-order valence-corrected chi connectivity index (χ4v) is 2.69. The van der Waals surface area contributed by atoms with E-state index >= 15 is 0 Å². The number of hydrogen-bond donors (Lipinski definition) is 1. The lowest BCUT2D eigenvalue weighted by atomic mass is 10.1. The number of halogens is 1. The zero-order valence-electron chi connectivity index (χ0n) is 10.1. The number of rotatable bonds is 4. The number of anilines is 1. The number of nitrogens with one attached hydrogen (secondary N) is 1. The molecule has 0 aliphatic rings. The molecule has 0 saturated heterocycles. The van der Waals surface area contributed by atoms with Crippen molar-refractivity contribution in [2.75, 3.05) is 5.32 Å². The van der Waals surface area contributed by atoms with E-state index < -0.39 is 5.54 Å². The number of thiazole rings is 1. The largest absolute Gasteiger partial charge is 0.350 e. The number of benzene rings is 1. The van der Waals surface area contributed by atoms with Gasteiger partial charge in [-0.1, -0.05) is 53.3 Å². The quantitative estimate of drug-likeness (QED) is 0.865. The Bertz CT molecular complexity index is 551. The van der Waals surface area contributed by atoms with E-state index in [2.05, 4.69) is 10.3 Å². The maximum absolute atomic E-state index is 10.9. The fourth-order valence-electron chi connectivity index (χ4n) is 1.43. The first kappa shape index (κ1) is 13.1. The van der Waals surface area contributed by atoms with Gasteiger partial charge in [0.2, 0.25) is 0 Å². The summed E-state index contributed by atoms with van der Waals surface area (Å²) in [6, 6.07) is 9.73. The number of nitrogens with zero attached hydrogens (tertiary/aromatic N) is 1. The van der Waals surface area contributed by atoms with E-state index in [4.69, 9.17) is 11.6 Å². The van der Waals surface area contributed by atoms with Crippen molar-refractivity contribution in [3.8, 4) is 11.3 Å². The lowest BCUT2D eigenvalue weighted by Crippen LogP contribution is -2.32. The molecule has 0 saturated carbocycles. The zero-order chi connectivity index (χ0) is 13.2. The maximum atomic E-state index is 10.9. The van der Waals surface area contributed by atoms with E-state index in [0.29, 0.717) is 9.47 Å². The number of aldehydes is 1. The SMILES string of the molecule is CC(C)(C=O)Nc1nc(-c2ccccc2)c(Cl)s1. The molecule has 1 heterocycles. The number of carbonyl (C=O) groups is 1. The van der Waals surface area contributed by atoms with E-state index in [1.165, 1.54) is 11.3 Å². The minimum absolute atomic E-state index is 0.616. The van der Waals surface area contributed by atoms with Crippen LogP contribution in [0.3, 0.4) is 0 Å². The van der Waals surface area contributed by atoms with Crippen molar-refractivity contribution in [1.29, 1.82) is 0 Å². The molecule has 1 N–H and O–H groups in total. The Labute approximate surface area is 115 Å². The first-order valence-corrected chi connectivity index (χ1v) is 6.67. The molecule has 0 aliphatic heterocycles. The summed E-state index contributed by atoms with van der Waals surface area (Å²) in [5, 5.41) is 3.70. The minimum atomic E-state index is -0.644. The van der Waals surface area contributed by atoms with Gasteiger partial charge in [0.25, 0.3) is 0 Å². The summed E-state index contributed by atoms with van der Waals surface area (Å²) in [4.78, 5) is 15.3. The summed E-state index contributed by atoms with van der Waals surface area (Å²) in [6.45, 7) is 3.58. The van der Waals surface area contributed by atoms with Gasteiger partial charge in [-0.15, -0.1) is 0 Å². The summed E-state index contributed by atoms with van der Waals surface area (Å²) in [6.07, 6.45) is 0.852. The number of hydrogen-bond acceptors (Lipinski definition) is 4. The van der Waals surface area contributed by atoms with Gasteiger partial charge in [-0.2, -0.15) is 0 Å². The molecule has 0 bridgehead atoms. The minimum Gasteiger partial charge on any atom is -0.350 e. The molecule has 0 spiro atoms. The van der Waals surface area contributed by atoms with Gasteiger partial charge in [0.05, 0.1) is 5.54 Å². The second kappa shape index (κ2) is 5.08. The molecular formula is C13H13ClN2OS. The Morgan fingerprint density at radius 2 is 2.00 bits per heavy atom. The summed E-state index contributed by atoms with van der Waals surface area (Å²) < 4.78 is 0.616. The molecule has 3 nitrogen and oxygen atoms in total. The molecule has 0 amide bonds. The van der Waals surface area contributed by atoms with Crippen LogP contribution < -0.4 is 5.32 Å². The maximum Gasteiger partial charge on any atom is 0.185 e. The highest BCUT2D eigenvalue weighted by molar-refractivity contribution is 7.20. The molecule has 0 aliphatic carbocycles. The molecule has 1 aromatic heterocycles. The topological polar surface area (TPSA) is 42.0 Å². The standard InChI is InChI=1S/C13H13ClN2OS/c1-13(2,8-17)16-12-15-10(11(14)18-12)9-6-4-3-5-7-9/h3-8H,1-2H3,(H,15,16). The van der Waals surface area contributed by atoms with Gasteiger partial charge in [-0.05, 0) is 13.8 Å². The summed E-state index contributed by atoms with van der Waals surface area (Å²) >= 11 is 7.51.